The number of hydrogen-bond donors (Lipinski definition) is 2. The molecule has 120 valence electrons. The van der Waals surface area contributed by atoms with E-state index in [9.17, 15) is 9.18 Å². The summed E-state index contributed by atoms with van der Waals surface area (Å²) in [5, 5.41) is 9.08. The SMILES string of the molecule is O=C(CNc1ccc(F)cc1)N/N=C\c1cccc2ccccc12. The molecule has 0 aromatic heterocycles. The quantitative estimate of drug-likeness (QED) is 0.558. The molecule has 0 aliphatic heterocycles. The second kappa shape index (κ2) is 7.37. The number of amides is 1. The van der Waals surface area contributed by atoms with Gasteiger partial charge in [0.05, 0.1) is 12.8 Å². The molecular formula is C19H16FN3O. The lowest BCUT2D eigenvalue weighted by atomic mass is 10.1. The summed E-state index contributed by atoms with van der Waals surface area (Å²) in [5.74, 6) is -0.597. The van der Waals surface area contributed by atoms with Crippen molar-refractivity contribution >= 4 is 28.6 Å². The minimum Gasteiger partial charge on any atom is -0.376 e. The van der Waals surface area contributed by atoms with Gasteiger partial charge in [-0.05, 0) is 35.0 Å². The summed E-state index contributed by atoms with van der Waals surface area (Å²) in [6.07, 6.45) is 1.62. The number of hydrogen-bond acceptors (Lipinski definition) is 3. The summed E-state index contributed by atoms with van der Waals surface area (Å²) in [4.78, 5) is 11.8. The van der Waals surface area contributed by atoms with E-state index in [-0.39, 0.29) is 18.3 Å². The largest absolute Gasteiger partial charge is 0.376 e. The Morgan fingerprint density at radius 2 is 1.75 bits per heavy atom. The highest BCUT2D eigenvalue weighted by Gasteiger charge is 2.00. The second-order valence-electron chi connectivity index (χ2n) is 5.22. The van der Waals surface area contributed by atoms with Gasteiger partial charge in [-0.1, -0.05) is 42.5 Å². The van der Waals surface area contributed by atoms with Gasteiger partial charge in [0.15, 0.2) is 0 Å². The predicted octanol–water partition coefficient (Wildman–Crippen LogP) is 3.54. The molecule has 3 rings (SSSR count). The van der Waals surface area contributed by atoms with Crippen molar-refractivity contribution in [2.45, 2.75) is 0 Å². The molecule has 24 heavy (non-hydrogen) atoms. The molecule has 0 fully saturated rings. The van der Waals surface area contributed by atoms with Crippen LogP contribution in [0.3, 0.4) is 0 Å². The molecule has 4 nitrogen and oxygen atoms in total. The maximum atomic E-state index is 12.8. The van der Waals surface area contributed by atoms with Gasteiger partial charge in [-0.2, -0.15) is 5.10 Å². The van der Waals surface area contributed by atoms with Gasteiger partial charge in [-0.15, -0.1) is 0 Å². The predicted molar refractivity (Wildman–Crippen MR) is 94.6 cm³/mol. The molecule has 0 atom stereocenters. The number of fused-ring (bicyclic) bond motifs is 1. The highest BCUT2D eigenvalue weighted by atomic mass is 19.1. The lowest BCUT2D eigenvalue weighted by Gasteiger charge is -2.05. The third-order valence-corrected chi connectivity index (χ3v) is 3.51. The number of anilines is 1. The van der Waals surface area contributed by atoms with E-state index in [4.69, 9.17) is 0 Å². The topological polar surface area (TPSA) is 53.5 Å². The van der Waals surface area contributed by atoms with Gasteiger partial charge in [-0.3, -0.25) is 4.79 Å². The molecule has 3 aromatic carbocycles. The maximum Gasteiger partial charge on any atom is 0.259 e. The molecule has 1 amide bonds. The first-order valence-electron chi connectivity index (χ1n) is 7.51. The number of nitrogens with one attached hydrogen (secondary N) is 2. The van der Waals surface area contributed by atoms with Crippen molar-refractivity contribution in [1.29, 1.82) is 0 Å². The molecule has 0 aliphatic carbocycles. The highest BCUT2D eigenvalue weighted by Crippen LogP contribution is 2.16. The number of rotatable bonds is 5. The molecule has 0 saturated heterocycles. The van der Waals surface area contributed by atoms with Gasteiger partial charge >= 0.3 is 0 Å². The van der Waals surface area contributed by atoms with Crippen molar-refractivity contribution in [2.75, 3.05) is 11.9 Å². The molecule has 0 bridgehead atoms. The third-order valence-electron chi connectivity index (χ3n) is 3.51. The van der Waals surface area contributed by atoms with Gasteiger partial charge in [-0.25, -0.2) is 9.82 Å². The molecule has 0 spiro atoms. The summed E-state index contributed by atoms with van der Waals surface area (Å²) in [5.41, 5.74) is 4.07. The molecular weight excluding hydrogens is 305 g/mol. The minimum atomic E-state index is -0.315. The Kier molecular flexibility index (Phi) is 4.81. The smallest absolute Gasteiger partial charge is 0.259 e. The fraction of sp³-hybridized carbons (Fsp3) is 0.0526. The van der Waals surface area contributed by atoms with Crippen molar-refractivity contribution in [3.05, 3.63) is 78.1 Å². The van der Waals surface area contributed by atoms with Crippen LogP contribution in [0.5, 0.6) is 0 Å². The average Bonchev–Trinajstić information content (AvgIpc) is 2.61. The van der Waals surface area contributed by atoms with Crippen LogP contribution in [-0.2, 0) is 4.79 Å². The Morgan fingerprint density at radius 1 is 1.00 bits per heavy atom. The maximum absolute atomic E-state index is 12.8. The summed E-state index contributed by atoms with van der Waals surface area (Å²) < 4.78 is 12.8. The van der Waals surface area contributed by atoms with Gasteiger partial charge in [0, 0.05) is 11.3 Å². The molecule has 2 N–H and O–H groups in total. The molecule has 0 unspecified atom stereocenters. The fourth-order valence-electron chi connectivity index (χ4n) is 2.33. The van der Waals surface area contributed by atoms with Crippen LogP contribution in [-0.4, -0.2) is 18.7 Å². The average molecular weight is 321 g/mol. The van der Waals surface area contributed by atoms with Gasteiger partial charge in [0.2, 0.25) is 0 Å². The van der Waals surface area contributed by atoms with Crippen molar-refractivity contribution in [3.8, 4) is 0 Å². The number of carbonyl (C=O) groups excluding carboxylic acids is 1. The van der Waals surface area contributed by atoms with Crippen LogP contribution in [0.2, 0.25) is 0 Å². The van der Waals surface area contributed by atoms with Crippen molar-refractivity contribution in [1.82, 2.24) is 5.43 Å². The Balaban J connectivity index is 1.57. The lowest BCUT2D eigenvalue weighted by molar-refractivity contribution is -0.119. The summed E-state index contributed by atoms with van der Waals surface area (Å²) in [6.45, 7) is 0.0541. The Morgan fingerprint density at radius 3 is 2.58 bits per heavy atom. The first-order valence-corrected chi connectivity index (χ1v) is 7.51. The number of halogens is 1. The fourth-order valence-corrected chi connectivity index (χ4v) is 2.33. The highest BCUT2D eigenvalue weighted by molar-refractivity contribution is 6.00. The zero-order chi connectivity index (χ0) is 16.8. The Labute approximate surface area is 139 Å². The van der Waals surface area contributed by atoms with Crippen LogP contribution >= 0.6 is 0 Å². The standard InChI is InChI=1S/C19H16FN3O/c20-16-8-10-17(11-9-16)21-13-19(24)23-22-12-15-6-3-5-14-4-1-2-7-18(14)15/h1-12,21H,13H2,(H,23,24)/b22-12-. The zero-order valence-corrected chi connectivity index (χ0v) is 12.9. The summed E-state index contributed by atoms with van der Waals surface area (Å²) >= 11 is 0. The number of benzene rings is 3. The Bertz CT molecular complexity index is 870. The van der Waals surface area contributed by atoms with Crippen molar-refractivity contribution < 1.29 is 9.18 Å². The van der Waals surface area contributed by atoms with E-state index >= 15 is 0 Å². The van der Waals surface area contributed by atoms with Crippen LogP contribution in [0.4, 0.5) is 10.1 Å². The van der Waals surface area contributed by atoms with Crippen LogP contribution in [0, 0.1) is 5.82 Å². The molecule has 0 saturated carbocycles. The van der Waals surface area contributed by atoms with Crippen molar-refractivity contribution in [2.24, 2.45) is 5.10 Å². The second-order valence-corrected chi connectivity index (χ2v) is 5.22. The van der Waals surface area contributed by atoms with Gasteiger partial charge in [0.1, 0.15) is 5.82 Å². The van der Waals surface area contributed by atoms with E-state index in [1.807, 2.05) is 42.5 Å². The minimum absolute atomic E-state index is 0.0541. The van der Waals surface area contributed by atoms with Crippen LogP contribution in [0.25, 0.3) is 10.8 Å². The molecule has 0 heterocycles. The summed E-state index contributed by atoms with van der Waals surface area (Å²) in [7, 11) is 0. The molecule has 5 heteroatoms. The molecule has 0 aliphatic rings. The van der Waals surface area contributed by atoms with E-state index in [1.54, 1.807) is 18.3 Å². The first kappa shape index (κ1) is 15.7. The number of hydrazone groups is 1. The number of carbonyl (C=O) groups is 1. The molecule has 0 radical (unpaired) electrons. The van der Waals surface area contributed by atoms with E-state index in [2.05, 4.69) is 15.8 Å². The van der Waals surface area contributed by atoms with E-state index < -0.39 is 0 Å². The van der Waals surface area contributed by atoms with E-state index in [0.717, 1.165) is 16.3 Å². The summed E-state index contributed by atoms with van der Waals surface area (Å²) in [6, 6.07) is 19.7. The number of nitrogens with zero attached hydrogens (tertiary/aromatic N) is 1. The normalized spacial score (nSPS) is 10.9. The van der Waals surface area contributed by atoms with Crippen LogP contribution in [0.1, 0.15) is 5.56 Å². The monoisotopic (exact) mass is 321 g/mol. The van der Waals surface area contributed by atoms with Crippen LogP contribution < -0.4 is 10.7 Å². The van der Waals surface area contributed by atoms with E-state index in [1.165, 1.54) is 12.1 Å². The van der Waals surface area contributed by atoms with Crippen LogP contribution in [0.15, 0.2) is 71.8 Å². The zero-order valence-electron chi connectivity index (χ0n) is 12.9. The lowest BCUT2D eigenvalue weighted by Crippen LogP contribution is -2.25. The first-order chi connectivity index (χ1) is 11.7. The van der Waals surface area contributed by atoms with E-state index in [0.29, 0.717) is 5.69 Å². The van der Waals surface area contributed by atoms with Crippen molar-refractivity contribution in [3.63, 3.8) is 0 Å². The Hall–Kier alpha value is -3.21. The van der Waals surface area contributed by atoms with Gasteiger partial charge in [0.25, 0.3) is 5.91 Å². The van der Waals surface area contributed by atoms with Gasteiger partial charge < -0.3 is 5.32 Å². The third kappa shape index (κ3) is 3.95. The molecule has 3 aromatic rings.